The van der Waals surface area contributed by atoms with Gasteiger partial charge in [0.05, 0.1) is 0 Å². The predicted molar refractivity (Wildman–Crippen MR) is 50.6 cm³/mol. The highest BCUT2D eigenvalue weighted by molar-refractivity contribution is 5.91. The number of aromatic nitrogens is 2. The van der Waals surface area contributed by atoms with E-state index in [1.54, 1.807) is 0 Å². The highest BCUT2D eigenvalue weighted by Crippen LogP contribution is 2.30. The highest BCUT2D eigenvalue weighted by atomic mass is 19.4. The minimum absolute atomic E-state index is 0.0346. The Bertz CT molecular complexity index is 527. The Morgan fingerprint density at radius 1 is 1.19 bits per heavy atom. The molecule has 0 aliphatic heterocycles. The van der Waals surface area contributed by atoms with Crippen LogP contribution in [0.5, 0.6) is 5.75 Å². The van der Waals surface area contributed by atoms with Crippen molar-refractivity contribution in [3.05, 3.63) is 24.5 Å². The molecule has 4 nitrogen and oxygen atoms in total. The Balaban J connectivity index is 2.58. The van der Waals surface area contributed by atoms with Crippen molar-refractivity contribution in [2.45, 2.75) is 6.36 Å². The third-order valence-corrected chi connectivity index (χ3v) is 1.88. The van der Waals surface area contributed by atoms with Gasteiger partial charge < -0.3 is 10.5 Å². The molecule has 2 aromatic rings. The van der Waals surface area contributed by atoms with Gasteiger partial charge in [0, 0.05) is 5.39 Å². The van der Waals surface area contributed by atoms with Gasteiger partial charge in [-0.25, -0.2) is 9.97 Å². The Hall–Kier alpha value is -2.05. The van der Waals surface area contributed by atoms with Crippen molar-refractivity contribution < 1.29 is 17.9 Å². The fraction of sp³-hybridized carbons (Fsp3) is 0.111. The summed E-state index contributed by atoms with van der Waals surface area (Å²) in [5.74, 6) is -0.281. The number of nitrogens with two attached hydrogens (primary N) is 1. The van der Waals surface area contributed by atoms with Crippen LogP contribution in [0.4, 0.5) is 19.0 Å². The van der Waals surface area contributed by atoms with Gasteiger partial charge in [-0.05, 0) is 12.1 Å². The van der Waals surface area contributed by atoms with Crippen LogP contribution < -0.4 is 10.5 Å². The molecule has 0 atom stereocenters. The number of para-hydroxylation sites is 1. The minimum Gasteiger partial charge on any atom is -0.403 e. The zero-order valence-corrected chi connectivity index (χ0v) is 7.82. The number of hydrogen-bond acceptors (Lipinski definition) is 4. The SMILES string of the molecule is Nc1ncnc2c(OC(F)(F)F)cccc12. The molecule has 0 spiro atoms. The molecule has 0 saturated heterocycles. The van der Waals surface area contributed by atoms with Gasteiger partial charge in [-0.3, -0.25) is 0 Å². The molecule has 0 bridgehead atoms. The first-order valence-corrected chi connectivity index (χ1v) is 4.22. The summed E-state index contributed by atoms with van der Waals surface area (Å²) in [5.41, 5.74) is 5.54. The van der Waals surface area contributed by atoms with Gasteiger partial charge in [-0.2, -0.15) is 0 Å². The molecule has 0 amide bonds. The average molecular weight is 229 g/mol. The van der Waals surface area contributed by atoms with Crippen molar-refractivity contribution in [1.29, 1.82) is 0 Å². The van der Waals surface area contributed by atoms with E-state index in [1.165, 1.54) is 18.2 Å². The predicted octanol–water partition coefficient (Wildman–Crippen LogP) is 2.11. The Morgan fingerprint density at radius 2 is 1.94 bits per heavy atom. The lowest BCUT2D eigenvalue weighted by Gasteiger charge is -2.10. The molecule has 0 fully saturated rings. The molecule has 0 aliphatic carbocycles. The van der Waals surface area contributed by atoms with Crippen molar-refractivity contribution in [1.82, 2.24) is 9.97 Å². The lowest BCUT2D eigenvalue weighted by atomic mass is 10.2. The van der Waals surface area contributed by atoms with E-state index < -0.39 is 6.36 Å². The number of benzene rings is 1. The third-order valence-electron chi connectivity index (χ3n) is 1.88. The number of ether oxygens (including phenoxy) is 1. The van der Waals surface area contributed by atoms with E-state index >= 15 is 0 Å². The van der Waals surface area contributed by atoms with Crippen LogP contribution in [0.2, 0.25) is 0 Å². The van der Waals surface area contributed by atoms with E-state index in [1.807, 2.05) is 0 Å². The Labute approximate surface area is 87.9 Å². The Morgan fingerprint density at radius 3 is 2.62 bits per heavy atom. The van der Waals surface area contributed by atoms with E-state index in [-0.39, 0.29) is 17.1 Å². The van der Waals surface area contributed by atoms with Crippen LogP contribution in [0.25, 0.3) is 10.9 Å². The summed E-state index contributed by atoms with van der Waals surface area (Å²) in [6, 6.07) is 4.08. The number of nitrogens with zero attached hydrogens (tertiary/aromatic N) is 2. The highest BCUT2D eigenvalue weighted by Gasteiger charge is 2.32. The van der Waals surface area contributed by atoms with Crippen molar-refractivity contribution in [2.24, 2.45) is 0 Å². The fourth-order valence-electron chi connectivity index (χ4n) is 1.29. The van der Waals surface area contributed by atoms with Crippen LogP contribution in [0.15, 0.2) is 24.5 Å². The number of fused-ring (bicyclic) bond motifs is 1. The monoisotopic (exact) mass is 229 g/mol. The standard InChI is InChI=1S/C9H6F3N3O/c10-9(11,12)16-6-3-1-2-5-7(6)14-4-15-8(5)13/h1-4H,(H2,13,14,15). The minimum atomic E-state index is -4.76. The second-order valence-corrected chi connectivity index (χ2v) is 2.96. The van der Waals surface area contributed by atoms with Gasteiger partial charge in [0.2, 0.25) is 0 Å². The second-order valence-electron chi connectivity index (χ2n) is 2.96. The van der Waals surface area contributed by atoms with Crippen LogP contribution in [0, 0.1) is 0 Å². The first kappa shape index (κ1) is 10.5. The zero-order valence-electron chi connectivity index (χ0n) is 7.82. The summed E-state index contributed by atoms with van der Waals surface area (Å²) in [7, 11) is 0. The van der Waals surface area contributed by atoms with E-state index in [2.05, 4.69) is 14.7 Å². The second kappa shape index (κ2) is 3.51. The van der Waals surface area contributed by atoms with Gasteiger partial charge in [0.1, 0.15) is 17.7 Å². The fourth-order valence-corrected chi connectivity index (χ4v) is 1.29. The quantitative estimate of drug-likeness (QED) is 0.813. The summed E-state index contributed by atoms with van der Waals surface area (Å²) >= 11 is 0. The van der Waals surface area contributed by atoms with E-state index in [0.717, 1.165) is 6.33 Å². The summed E-state index contributed by atoms with van der Waals surface area (Å²) in [5, 5.41) is 0.323. The lowest BCUT2D eigenvalue weighted by Crippen LogP contribution is -2.17. The van der Waals surface area contributed by atoms with Crippen molar-refractivity contribution >= 4 is 16.7 Å². The normalized spacial score (nSPS) is 11.7. The first-order chi connectivity index (χ1) is 7.47. The average Bonchev–Trinajstić information content (AvgIpc) is 2.17. The maximum atomic E-state index is 12.1. The largest absolute Gasteiger partial charge is 0.573 e. The molecule has 1 aromatic heterocycles. The smallest absolute Gasteiger partial charge is 0.403 e. The molecule has 0 unspecified atom stereocenters. The van der Waals surface area contributed by atoms with Gasteiger partial charge in [-0.15, -0.1) is 13.2 Å². The van der Waals surface area contributed by atoms with Gasteiger partial charge in [-0.1, -0.05) is 6.07 Å². The third kappa shape index (κ3) is 1.97. The van der Waals surface area contributed by atoms with Crippen molar-refractivity contribution in [3.8, 4) is 5.75 Å². The van der Waals surface area contributed by atoms with E-state index in [9.17, 15) is 13.2 Å². The first-order valence-electron chi connectivity index (χ1n) is 4.22. The van der Waals surface area contributed by atoms with E-state index in [4.69, 9.17) is 5.73 Å². The van der Waals surface area contributed by atoms with Gasteiger partial charge in [0.15, 0.2) is 5.75 Å². The molecule has 0 radical (unpaired) electrons. The molecular formula is C9H6F3N3O. The maximum absolute atomic E-state index is 12.1. The van der Waals surface area contributed by atoms with Crippen LogP contribution in [-0.4, -0.2) is 16.3 Å². The number of hydrogen-bond donors (Lipinski definition) is 1. The van der Waals surface area contributed by atoms with Crippen molar-refractivity contribution in [3.63, 3.8) is 0 Å². The summed E-state index contributed by atoms with van der Waals surface area (Å²) < 4.78 is 40.0. The molecule has 0 saturated carbocycles. The van der Waals surface area contributed by atoms with Crippen LogP contribution in [0.3, 0.4) is 0 Å². The molecule has 16 heavy (non-hydrogen) atoms. The van der Waals surface area contributed by atoms with Gasteiger partial charge in [0.25, 0.3) is 0 Å². The molecule has 7 heteroatoms. The lowest BCUT2D eigenvalue weighted by molar-refractivity contribution is -0.274. The number of alkyl halides is 3. The molecule has 1 heterocycles. The van der Waals surface area contributed by atoms with Crippen LogP contribution >= 0.6 is 0 Å². The molecule has 1 aromatic carbocycles. The Kier molecular flexibility index (Phi) is 2.30. The maximum Gasteiger partial charge on any atom is 0.573 e. The molecule has 2 rings (SSSR count). The number of nitrogen functional groups attached to an aromatic ring is 1. The molecule has 84 valence electrons. The van der Waals surface area contributed by atoms with Gasteiger partial charge >= 0.3 is 6.36 Å². The molecule has 0 aliphatic rings. The molecule has 2 N–H and O–H groups in total. The van der Waals surface area contributed by atoms with Crippen molar-refractivity contribution in [2.75, 3.05) is 5.73 Å². The summed E-state index contributed by atoms with van der Waals surface area (Å²) in [6.45, 7) is 0. The number of anilines is 1. The summed E-state index contributed by atoms with van der Waals surface area (Å²) in [6.07, 6.45) is -3.67. The number of halogens is 3. The van der Waals surface area contributed by atoms with Crippen LogP contribution in [0.1, 0.15) is 0 Å². The topological polar surface area (TPSA) is 61.0 Å². The zero-order chi connectivity index (χ0) is 11.8. The van der Waals surface area contributed by atoms with Crippen LogP contribution in [-0.2, 0) is 0 Å². The molecular weight excluding hydrogens is 223 g/mol. The summed E-state index contributed by atoms with van der Waals surface area (Å²) in [4.78, 5) is 7.38. The number of rotatable bonds is 1. The van der Waals surface area contributed by atoms with E-state index in [0.29, 0.717) is 5.39 Å².